The maximum Gasteiger partial charge on any atom is 0.0950 e. The van der Waals surface area contributed by atoms with Crippen LogP contribution in [0.2, 0.25) is 0 Å². The van der Waals surface area contributed by atoms with Crippen molar-refractivity contribution in [2.24, 2.45) is 0 Å². The van der Waals surface area contributed by atoms with Crippen LogP contribution in [-0.2, 0) is 0 Å². The minimum absolute atomic E-state index is 0.519. The number of aromatic nitrogens is 2. The number of benzene rings is 1. The van der Waals surface area contributed by atoms with Crippen molar-refractivity contribution in [1.29, 1.82) is 0 Å². The largest absolute Gasteiger partial charge is 0.371 e. The van der Waals surface area contributed by atoms with Crippen molar-refractivity contribution in [2.45, 2.75) is 19.9 Å². The van der Waals surface area contributed by atoms with Crippen molar-refractivity contribution in [3.63, 3.8) is 0 Å². The molecule has 0 saturated heterocycles. The van der Waals surface area contributed by atoms with Gasteiger partial charge in [0.05, 0.1) is 17.4 Å². The highest BCUT2D eigenvalue weighted by Gasteiger charge is 2.06. The Labute approximate surface area is 108 Å². The molecule has 2 aromatic rings. The normalized spacial score (nSPS) is 11.1. The minimum atomic E-state index is 0.519. The zero-order valence-corrected chi connectivity index (χ0v) is 11.2. The second-order valence-electron chi connectivity index (χ2n) is 4.78. The van der Waals surface area contributed by atoms with Gasteiger partial charge in [0.25, 0.3) is 0 Å². The first-order valence-corrected chi connectivity index (χ1v) is 6.33. The predicted molar refractivity (Wildman–Crippen MR) is 75.9 cm³/mol. The molecule has 0 amide bonds. The summed E-state index contributed by atoms with van der Waals surface area (Å²) in [4.78, 5) is 2.21. The van der Waals surface area contributed by atoms with Gasteiger partial charge in [0.1, 0.15) is 0 Å². The van der Waals surface area contributed by atoms with E-state index in [2.05, 4.69) is 47.4 Å². The molecule has 0 aliphatic rings. The number of hydrogen-bond acceptors (Lipinski definition) is 4. The average molecular weight is 244 g/mol. The Bertz CT molecular complexity index is 505. The van der Waals surface area contributed by atoms with Crippen molar-refractivity contribution in [3.05, 3.63) is 30.5 Å². The zero-order valence-electron chi connectivity index (χ0n) is 11.2. The van der Waals surface area contributed by atoms with Crippen LogP contribution in [-0.4, -0.2) is 36.4 Å². The van der Waals surface area contributed by atoms with Gasteiger partial charge in [0, 0.05) is 31.6 Å². The summed E-state index contributed by atoms with van der Waals surface area (Å²) in [6.07, 6.45) is 1.83. The Morgan fingerprint density at radius 1 is 1.28 bits per heavy atom. The van der Waals surface area contributed by atoms with Gasteiger partial charge in [0.2, 0.25) is 0 Å². The van der Waals surface area contributed by atoms with Crippen LogP contribution in [0.15, 0.2) is 30.5 Å². The summed E-state index contributed by atoms with van der Waals surface area (Å²) in [6.45, 7) is 6.23. The molecule has 4 heteroatoms. The third-order valence-electron chi connectivity index (χ3n) is 2.94. The molecule has 0 aliphatic carbocycles. The quantitative estimate of drug-likeness (QED) is 0.874. The van der Waals surface area contributed by atoms with Crippen LogP contribution in [0.5, 0.6) is 0 Å². The Morgan fingerprint density at radius 2 is 2.06 bits per heavy atom. The molecule has 18 heavy (non-hydrogen) atoms. The molecule has 0 fully saturated rings. The van der Waals surface area contributed by atoms with E-state index in [9.17, 15) is 0 Å². The molecule has 0 aliphatic heterocycles. The number of nitrogens with zero attached hydrogens (tertiary/aromatic N) is 3. The molecule has 2 rings (SSSR count). The van der Waals surface area contributed by atoms with Gasteiger partial charge in [-0.3, -0.25) is 0 Å². The van der Waals surface area contributed by atoms with E-state index in [1.54, 1.807) is 0 Å². The molecule has 0 radical (unpaired) electrons. The smallest absolute Gasteiger partial charge is 0.0950 e. The molecule has 1 heterocycles. The molecule has 0 spiro atoms. The van der Waals surface area contributed by atoms with E-state index in [-0.39, 0.29) is 0 Å². The zero-order chi connectivity index (χ0) is 13.0. The summed E-state index contributed by atoms with van der Waals surface area (Å²) >= 11 is 0. The first-order chi connectivity index (χ1) is 8.68. The fraction of sp³-hybridized carbons (Fsp3) is 0.429. The third-order valence-corrected chi connectivity index (χ3v) is 2.94. The Hall–Kier alpha value is -1.68. The molecule has 0 saturated carbocycles. The lowest BCUT2D eigenvalue weighted by molar-refractivity contribution is 0.589. The Morgan fingerprint density at radius 3 is 2.83 bits per heavy atom. The summed E-state index contributed by atoms with van der Waals surface area (Å²) in [6, 6.07) is 8.62. The van der Waals surface area contributed by atoms with Crippen molar-refractivity contribution >= 4 is 16.6 Å². The summed E-state index contributed by atoms with van der Waals surface area (Å²) in [7, 11) is 2.09. The van der Waals surface area contributed by atoms with Crippen LogP contribution >= 0.6 is 0 Å². The van der Waals surface area contributed by atoms with Crippen LogP contribution in [0.3, 0.4) is 0 Å². The van der Waals surface area contributed by atoms with E-state index in [0.717, 1.165) is 29.7 Å². The monoisotopic (exact) mass is 244 g/mol. The van der Waals surface area contributed by atoms with Crippen molar-refractivity contribution in [2.75, 3.05) is 25.0 Å². The predicted octanol–water partition coefficient (Wildman–Crippen LogP) is 2.06. The van der Waals surface area contributed by atoms with Crippen LogP contribution in [0.4, 0.5) is 5.69 Å². The topological polar surface area (TPSA) is 41.0 Å². The highest BCUT2D eigenvalue weighted by Crippen LogP contribution is 2.22. The number of rotatable bonds is 5. The van der Waals surface area contributed by atoms with E-state index in [1.165, 1.54) is 0 Å². The fourth-order valence-electron chi connectivity index (χ4n) is 1.94. The van der Waals surface area contributed by atoms with Crippen LogP contribution in [0.25, 0.3) is 10.9 Å². The molecule has 0 unspecified atom stereocenters. The molecule has 1 aromatic carbocycles. The molecule has 4 nitrogen and oxygen atoms in total. The van der Waals surface area contributed by atoms with Gasteiger partial charge in [-0.15, -0.1) is 0 Å². The van der Waals surface area contributed by atoms with Crippen LogP contribution in [0.1, 0.15) is 13.8 Å². The summed E-state index contributed by atoms with van der Waals surface area (Å²) in [5.41, 5.74) is 2.07. The molecular formula is C14H20N4. The Kier molecular flexibility index (Phi) is 4.10. The van der Waals surface area contributed by atoms with Gasteiger partial charge >= 0.3 is 0 Å². The number of hydrogen-bond donors (Lipinski definition) is 1. The third kappa shape index (κ3) is 2.96. The first-order valence-electron chi connectivity index (χ1n) is 6.33. The van der Waals surface area contributed by atoms with Crippen LogP contribution in [0, 0.1) is 0 Å². The van der Waals surface area contributed by atoms with E-state index in [0.29, 0.717) is 6.04 Å². The number of fused-ring (bicyclic) bond motifs is 1. The van der Waals surface area contributed by atoms with Crippen LogP contribution < -0.4 is 10.2 Å². The van der Waals surface area contributed by atoms with E-state index < -0.39 is 0 Å². The number of likely N-dealkylation sites (N-methyl/N-ethyl adjacent to an activating group) is 1. The molecular weight excluding hydrogens is 224 g/mol. The molecule has 96 valence electrons. The average Bonchev–Trinajstić information content (AvgIpc) is 2.37. The highest BCUT2D eigenvalue weighted by atomic mass is 15.2. The van der Waals surface area contributed by atoms with Crippen molar-refractivity contribution in [3.8, 4) is 0 Å². The minimum Gasteiger partial charge on any atom is -0.371 e. The standard InChI is InChI=1S/C14H20N4/c1-11(2)15-8-9-18(3)14-10-16-17-13-7-5-4-6-12(13)14/h4-7,10-11,15H,8-9H2,1-3H3. The van der Waals surface area contributed by atoms with Crippen molar-refractivity contribution < 1.29 is 0 Å². The maximum absolute atomic E-state index is 4.14. The van der Waals surface area contributed by atoms with E-state index in [1.807, 2.05) is 24.4 Å². The first kappa shape index (κ1) is 12.8. The fourth-order valence-corrected chi connectivity index (χ4v) is 1.94. The Balaban J connectivity index is 2.15. The van der Waals surface area contributed by atoms with Gasteiger partial charge < -0.3 is 10.2 Å². The lowest BCUT2D eigenvalue weighted by atomic mass is 10.2. The van der Waals surface area contributed by atoms with Gasteiger partial charge in [-0.05, 0) is 6.07 Å². The van der Waals surface area contributed by atoms with Gasteiger partial charge in [-0.2, -0.15) is 10.2 Å². The summed E-state index contributed by atoms with van der Waals surface area (Å²) in [5.74, 6) is 0. The summed E-state index contributed by atoms with van der Waals surface area (Å²) < 4.78 is 0. The highest BCUT2D eigenvalue weighted by molar-refractivity contribution is 5.90. The van der Waals surface area contributed by atoms with E-state index >= 15 is 0 Å². The van der Waals surface area contributed by atoms with Gasteiger partial charge in [-0.1, -0.05) is 32.0 Å². The number of nitrogens with one attached hydrogen (secondary N) is 1. The lowest BCUT2D eigenvalue weighted by Crippen LogP contribution is -2.32. The molecule has 1 aromatic heterocycles. The second-order valence-corrected chi connectivity index (χ2v) is 4.78. The molecule has 0 atom stereocenters. The SMILES string of the molecule is CC(C)NCCN(C)c1cnnc2ccccc12. The maximum atomic E-state index is 4.14. The lowest BCUT2D eigenvalue weighted by Gasteiger charge is -2.21. The van der Waals surface area contributed by atoms with E-state index in [4.69, 9.17) is 0 Å². The van der Waals surface area contributed by atoms with Crippen molar-refractivity contribution in [1.82, 2.24) is 15.5 Å². The van der Waals surface area contributed by atoms with Gasteiger partial charge in [0.15, 0.2) is 0 Å². The molecule has 0 bridgehead atoms. The van der Waals surface area contributed by atoms with Gasteiger partial charge in [-0.25, -0.2) is 0 Å². The summed E-state index contributed by atoms with van der Waals surface area (Å²) in [5, 5.41) is 12.8. The second kappa shape index (κ2) is 5.78. The molecule has 1 N–H and O–H groups in total. The number of anilines is 1.